The lowest BCUT2D eigenvalue weighted by Crippen LogP contribution is -2.03. The van der Waals surface area contributed by atoms with Crippen LogP contribution in [0.1, 0.15) is 78.1 Å². The van der Waals surface area contributed by atoms with Crippen LogP contribution in [0.3, 0.4) is 0 Å². The van der Waals surface area contributed by atoms with Crippen molar-refractivity contribution in [3.63, 3.8) is 0 Å². The minimum atomic E-state index is -0.0685. The Labute approximate surface area is 113 Å². The topological polar surface area (TPSA) is 26.3 Å². The number of hydrogen-bond donors (Lipinski definition) is 0. The van der Waals surface area contributed by atoms with Crippen LogP contribution in [0.15, 0.2) is 12.2 Å². The van der Waals surface area contributed by atoms with Gasteiger partial charge in [-0.25, -0.2) is 0 Å². The molecule has 0 atom stereocenters. The van der Waals surface area contributed by atoms with Crippen molar-refractivity contribution in [2.45, 2.75) is 78.1 Å². The van der Waals surface area contributed by atoms with E-state index in [9.17, 15) is 4.79 Å². The molecule has 0 saturated heterocycles. The molecule has 0 aromatic rings. The average Bonchev–Trinajstić information content (AvgIpc) is 2.38. The fraction of sp³-hybridized carbons (Fsp3) is 0.812. The van der Waals surface area contributed by atoms with Crippen molar-refractivity contribution in [3.8, 4) is 0 Å². The predicted octanol–water partition coefficient (Wildman–Crippen LogP) is 5.03. The lowest BCUT2D eigenvalue weighted by molar-refractivity contribution is -0.142. The van der Waals surface area contributed by atoms with E-state index in [-0.39, 0.29) is 5.97 Å². The van der Waals surface area contributed by atoms with Gasteiger partial charge in [-0.2, -0.15) is 0 Å². The Hall–Kier alpha value is -0.790. The van der Waals surface area contributed by atoms with Crippen molar-refractivity contribution >= 4 is 5.97 Å². The van der Waals surface area contributed by atoms with E-state index in [0.29, 0.717) is 13.0 Å². The highest BCUT2D eigenvalue weighted by Crippen LogP contribution is 2.07. The van der Waals surface area contributed by atoms with Crippen molar-refractivity contribution in [1.29, 1.82) is 0 Å². The fourth-order valence-corrected chi connectivity index (χ4v) is 1.76. The number of hydrogen-bond acceptors (Lipinski definition) is 2. The quantitative estimate of drug-likeness (QED) is 0.277. The molecule has 0 fully saturated rings. The summed E-state index contributed by atoms with van der Waals surface area (Å²) in [6.07, 6.45) is 15.7. The zero-order valence-electron chi connectivity index (χ0n) is 12.2. The van der Waals surface area contributed by atoms with E-state index < -0.39 is 0 Å². The van der Waals surface area contributed by atoms with Gasteiger partial charge in [0.25, 0.3) is 0 Å². The lowest BCUT2D eigenvalue weighted by Gasteiger charge is -2.00. The molecule has 0 aliphatic heterocycles. The number of ether oxygens (including phenoxy) is 1. The smallest absolute Gasteiger partial charge is 0.306 e. The summed E-state index contributed by atoms with van der Waals surface area (Å²) in [6.45, 7) is 4.76. The normalized spacial score (nSPS) is 11.0. The predicted molar refractivity (Wildman–Crippen MR) is 77.6 cm³/mol. The van der Waals surface area contributed by atoms with Crippen LogP contribution in [-0.4, -0.2) is 12.6 Å². The van der Waals surface area contributed by atoms with Crippen molar-refractivity contribution in [2.75, 3.05) is 6.61 Å². The zero-order valence-corrected chi connectivity index (χ0v) is 12.2. The van der Waals surface area contributed by atoms with Gasteiger partial charge in [-0.05, 0) is 19.3 Å². The lowest BCUT2D eigenvalue weighted by atomic mass is 10.1. The number of carbonyl (C=O) groups is 1. The van der Waals surface area contributed by atoms with Crippen LogP contribution in [0, 0.1) is 0 Å². The molecule has 0 heterocycles. The Morgan fingerprint density at radius 1 is 0.889 bits per heavy atom. The first kappa shape index (κ1) is 17.2. The zero-order chi connectivity index (χ0) is 13.5. The monoisotopic (exact) mass is 254 g/mol. The number of esters is 1. The molecule has 0 spiro atoms. The summed E-state index contributed by atoms with van der Waals surface area (Å²) < 4.78 is 5.08. The molecule has 0 aliphatic rings. The van der Waals surface area contributed by atoms with Gasteiger partial charge in [-0.1, -0.05) is 64.5 Å². The second-order valence-corrected chi connectivity index (χ2v) is 4.81. The Bertz CT molecular complexity index is 209. The van der Waals surface area contributed by atoms with Gasteiger partial charge < -0.3 is 4.74 Å². The van der Waals surface area contributed by atoms with Crippen LogP contribution in [-0.2, 0) is 9.53 Å². The molecule has 0 unspecified atom stereocenters. The highest BCUT2D eigenvalue weighted by molar-refractivity contribution is 5.69. The highest BCUT2D eigenvalue weighted by Gasteiger charge is 1.98. The molecule has 106 valence electrons. The van der Waals surface area contributed by atoms with Crippen LogP contribution in [0.2, 0.25) is 0 Å². The molecule has 2 nitrogen and oxygen atoms in total. The van der Waals surface area contributed by atoms with Gasteiger partial charge in [-0.15, -0.1) is 0 Å². The molecule has 2 heteroatoms. The maximum absolute atomic E-state index is 11.2. The van der Waals surface area contributed by atoms with Crippen molar-refractivity contribution in [3.05, 3.63) is 12.2 Å². The summed E-state index contributed by atoms with van der Waals surface area (Å²) in [6, 6.07) is 0. The van der Waals surface area contributed by atoms with Crippen LogP contribution in [0.4, 0.5) is 0 Å². The molecule has 0 rings (SSSR count). The molecule has 0 aromatic carbocycles. The maximum Gasteiger partial charge on any atom is 0.306 e. The summed E-state index contributed by atoms with van der Waals surface area (Å²) in [5.41, 5.74) is 0. The Morgan fingerprint density at radius 2 is 1.56 bits per heavy atom. The molecular weight excluding hydrogens is 224 g/mol. The summed E-state index contributed by atoms with van der Waals surface area (Å²) >= 11 is 0. The third-order valence-electron chi connectivity index (χ3n) is 2.97. The molecule has 0 saturated carbocycles. The second-order valence-electron chi connectivity index (χ2n) is 4.81. The number of unbranched alkanes of at least 4 members (excludes halogenated alkanes) is 7. The van der Waals surface area contributed by atoms with Gasteiger partial charge >= 0.3 is 5.97 Å². The number of carbonyl (C=O) groups excluding carboxylic acids is 1. The molecule has 0 N–H and O–H groups in total. The van der Waals surface area contributed by atoms with E-state index >= 15 is 0 Å². The molecule has 18 heavy (non-hydrogen) atoms. The van der Waals surface area contributed by atoms with E-state index in [4.69, 9.17) is 4.74 Å². The summed E-state index contributed by atoms with van der Waals surface area (Å²) in [7, 11) is 0. The Morgan fingerprint density at radius 3 is 2.28 bits per heavy atom. The van der Waals surface area contributed by atoms with E-state index in [2.05, 4.69) is 19.9 Å². The van der Waals surface area contributed by atoms with Gasteiger partial charge in [0.1, 0.15) is 6.61 Å². The van der Waals surface area contributed by atoms with Crippen molar-refractivity contribution in [1.82, 2.24) is 0 Å². The third kappa shape index (κ3) is 13.3. The van der Waals surface area contributed by atoms with Crippen LogP contribution < -0.4 is 0 Å². The summed E-state index contributed by atoms with van der Waals surface area (Å²) in [5.74, 6) is -0.0685. The van der Waals surface area contributed by atoms with Gasteiger partial charge in [0.05, 0.1) is 0 Å². The molecule has 0 bridgehead atoms. The first-order valence-corrected chi connectivity index (χ1v) is 7.61. The third-order valence-corrected chi connectivity index (χ3v) is 2.97. The van der Waals surface area contributed by atoms with Gasteiger partial charge in [0, 0.05) is 6.42 Å². The Kier molecular flexibility index (Phi) is 13.6. The minimum Gasteiger partial charge on any atom is -0.461 e. The van der Waals surface area contributed by atoms with E-state index in [1.54, 1.807) is 0 Å². The molecule has 0 aliphatic carbocycles. The number of rotatable bonds is 12. The van der Waals surface area contributed by atoms with E-state index in [1.165, 1.54) is 38.5 Å². The largest absolute Gasteiger partial charge is 0.461 e. The SMILES string of the molecule is CCCCCCCC/C=C/COC(=O)CCCC. The first-order chi connectivity index (χ1) is 8.81. The van der Waals surface area contributed by atoms with Gasteiger partial charge in [0.2, 0.25) is 0 Å². The number of allylic oxidation sites excluding steroid dienone is 1. The van der Waals surface area contributed by atoms with Crippen LogP contribution in [0.25, 0.3) is 0 Å². The summed E-state index contributed by atoms with van der Waals surface area (Å²) in [5, 5.41) is 0. The molecule has 0 radical (unpaired) electrons. The fourth-order valence-electron chi connectivity index (χ4n) is 1.76. The van der Waals surface area contributed by atoms with Gasteiger partial charge in [0.15, 0.2) is 0 Å². The standard InChI is InChI=1S/C16H30O2/c1-3-5-7-8-9-10-11-12-13-15-18-16(17)14-6-4-2/h12-13H,3-11,14-15H2,1-2H3/b13-12+. The maximum atomic E-state index is 11.2. The first-order valence-electron chi connectivity index (χ1n) is 7.61. The van der Waals surface area contributed by atoms with E-state index in [1.807, 2.05) is 6.08 Å². The summed E-state index contributed by atoms with van der Waals surface area (Å²) in [4.78, 5) is 11.2. The Balaban J connectivity index is 3.20. The molecule has 0 aromatic heterocycles. The second kappa shape index (κ2) is 14.3. The van der Waals surface area contributed by atoms with E-state index in [0.717, 1.165) is 19.3 Å². The van der Waals surface area contributed by atoms with Crippen molar-refractivity contribution in [2.24, 2.45) is 0 Å². The van der Waals surface area contributed by atoms with Crippen LogP contribution in [0.5, 0.6) is 0 Å². The van der Waals surface area contributed by atoms with Crippen LogP contribution >= 0.6 is 0 Å². The average molecular weight is 254 g/mol. The highest BCUT2D eigenvalue weighted by atomic mass is 16.5. The van der Waals surface area contributed by atoms with Gasteiger partial charge in [-0.3, -0.25) is 4.79 Å². The molecule has 0 amide bonds. The van der Waals surface area contributed by atoms with Crippen molar-refractivity contribution < 1.29 is 9.53 Å². The molecular formula is C16H30O2. The minimum absolute atomic E-state index is 0.0685.